The molecule has 6 heteroatoms. The van der Waals surface area contributed by atoms with Crippen molar-refractivity contribution in [3.8, 4) is 0 Å². The Morgan fingerprint density at radius 1 is 1.38 bits per heavy atom. The van der Waals surface area contributed by atoms with Gasteiger partial charge in [-0.05, 0) is 18.9 Å². The molecule has 1 aromatic rings. The SMILES string of the molecule is CC1(O)CCN(C(=O)NC(Cc2ccccc2)C(=O)O)C1. The van der Waals surface area contributed by atoms with E-state index in [2.05, 4.69) is 5.32 Å². The number of nitrogens with zero attached hydrogens (tertiary/aromatic N) is 1. The summed E-state index contributed by atoms with van der Waals surface area (Å²) in [4.78, 5) is 24.8. The molecule has 0 saturated carbocycles. The van der Waals surface area contributed by atoms with Crippen molar-refractivity contribution in [1.82, 2.24) is 10.2 Å². The molecule has 6 nitrogen and oxygen atoms in total. The van der Waals surface area contributed by atoms with Crippen molar-refractivity contribution in [2.45, 2.75) is 31.4 Å². The molecule has 114 valence electrons. The zero-order valence-corrected chi connectivity index (χ0v) is 12.0. The minimum absolute atomic E-state index is 0.219. The van der Waals surface area contributed by atoms with Crippen molar-refractivity contribution in [1.29, 1.82) is 0 Å². The van der Waals surface area contributed by atoms with Crippen molar-refractivity contribution in [2.75, 3.05) is 13.1 Å². The number of amides is 2. The molecule has 2 atom stereocenters. The average molecular weight is 292 g/mol. The zero-order chi connectivity index (χ0) is 15.5. The molecule has 1 fully saturated rings. The molecule has 1 aliphatic heterocycles. The van der Waals surface area contributed by atoms with Gasteiger partial charge in [-0.1, -0.05) is 30.3 Å². The van der Waals surface area contributed by atoms with E-state index in [0.29, 0.717) is 13.0 Å². The highest BCUT2D eigenvalue weighted by Gasteiger charge is 2.35. The van der Waals surface area contributed by atoms with Crippen LogP contribution >= 0.6 is 0 Å². The van der Waals surface area contributed by atoms with Gasteiger partial charge < -0.3 is 20.4 Å². The van der Waals surface area contributed by atoms with Gasteiger partial charge in [0.05, 0.1) is 12.1 Å². The lowest BCUT2D eigenvalue weighted by molar-refractivity contribution is -0.139. The standard InChI is InChI=1S/C15H20N2O4/c1-15(21)7-8-17(10-15)14(20)16-12(13(18)19)9-11-5-3-2-4-6-11/h2-6,12,21H,7-10H2,1H3,(H,16,20)(H,18,19). The Kier molecular flexibility index (Phi) is 4.47. The van der Waals surface area contributed by atoms with Gasteiger partial charge in [-0.15, -0.1) is 0 Å². The molecule has 1 aromatic carbocycles. The molecule has 2 amide bonds. The number of β-amino-alcohol motifs (C(OH)–C–C–N with tert-alkyl or cyclic N) is 1. The van der Waals surface area contributed by atoms with Gasteiger partial charge in [0.15, 0.2) is 0 Å². The summed E-state index contributed by atoms with van der Waals surface area (Å²) in [5.41, 5.74) is -0.0474. The van der Waals surface area contributed by atoms with E-state index in [-0.39, 0.29) is 13.0 Å². The Bertz CT molecular complexity index is 516. The highest BCUT2D eigenvalue weighted by atomic mass is 16.4. The monoisotopic (exact) mass is 292 g/mol. The van der Waals surface area contributed by atoms with Gasteiger partial charge in [-0.2, -0.15) is 0 Å². The number of hydrogen-bond donors (Lipinski definition) is 3. The number of nitrogens with one attached hydrogen (secondary N) is 1. The summed E-state index contributed by atoms with van der Waals surface area (Å²) in [6.07, 6.45) is 0.725. The number of aliphatic carboxylic acids is 1. The molecule has 0 radical (unpaired) electrons. The number of urea groups is 1. The van der Waals surface area contributed by atoms with Gasteiger partial charge in [0.1, 0.15) is 6.04 Å². The van der Waals surface area contributed by atoms with Crippen LogP contribution in [0.25, 0.3) is 0 Å². The fourth-order valence-electron chi connectivity index (χ4n) is 2.41. The smallest absolute Gasteiger partial charge is 0.326 e. The third kappa shape index (κ3) is 4.19. The van der Waals surface area contributed by atoms with Crippen LogP contribution in [-0.4, -0.2) is 51.8 Å². The van der Waals surface area contributed by atoms with E-state index in [4.69, 9.17) is 0 Å². The van der Waals surface area contributed by atoms with Gasteiger partial charge in [-0.25, -0.2) is 9.59 Å². The van der Waals surface area contributed by atoms with Gasteiger partial charge in [0.2, 0.25) is 0 Å². The van der Waals surface area contributed by atoms with Crippen LogP contribution in [-0.2, 0) is 11.2 Å². The molecule has 1 aliphatic rings. The molecule has 1 saturated heterocycles. The van der Waals surface area contributed by atoms with Crippen molar-refractivity contribution in [3.63, 3.8) is 0 Å². The van der Waals surface area contributed by atoms with E-state index in [1.165, 1.54) is 4.90 Å². The summed E-state index contributed by atoms with van der Waals surface area (Å²) in [6.45, 7) is 2.31. The maximum absolute atomic E-state index is 12.1. The first kappa shape index (κ1) is 15.3. The third-order valence-corrected chi connectivity index (χ3v) is 3.62. The van der Waals surface area contributed by atoms with E-state index < -0.39 is 23.6 Å². The molecule has 21 heavy (non-hydrogen) atoms. The molecule has 0 aromatic heterocycles. The first-order valence-corrected chi connectivity index (χ1v) is 6.92. The lowest BCUT2D eigenvalue weighted by Gasteiger charge is -2.22. The fraction of sp³-hybridized carbons (Fsp3) is 0.467. The normalized spacial score (nSPS) is 22.9. The number of likely N-dealkylation sites (tertiary alicyclic amines) is 1. The number of carbonyl (C=O) groups excluding carboxylic acids is 1. The zero-order valence-electron chi connectivity index (χ0n) is 12.0. The molecule has 0 bridgehead atoms. The van der Waals surface area contributed by atoms with Crippen LogP contribution in [0.2, 0.25) is 0 Å². The van der Waals surface area contributed by atoms with E-state index in [0.717, 1.165) is 5.56 Å². The maximum Gasteiger partial charge on any atom is 0.326 e. The van der Waals surface area contributed by atoms with Gasteiger partial charge in [-0.3, -0.25) is 0 Å². The summed E-state index contributed by atoms with van der Waals surface area (Å²) in [5, 5.41) is 21.6. The lowest BCUT2D eigenvalue weighted by Crippen LogP contribution is -2.49. The van der Waals surface area contributed by atoms with Crippen molar-refractivity contribution < 1.29 is 19.8 Å². The lowest BCUT2D eigenvalue weighted by atomic mass is 10.1. The van der Waals surface area contributed by atoms with Gasteiger partial charge >= 0.3 is 12.0 Å². The summed E-state index contributed by atoms with van der Waals surface area (Å²) < 4.78 is 0. The maximum atomic E-state index is 12.1. The molecular weight excluding hydrogens is 272 g/mol. The van der Waals surface area contributed by atoms with Gasteiger partial charge in [0, 0.05) is 13.0 Å². The molecule has 1 heterocycles. The molecular formula is C15H20N2O4. The van der Waals surface area contributed by atoms with E-state index in [9.17, 15) is 19.8 Å². The first-order chi connectivity index (χ1) is 9.87. The molecule has 2 rings (SSSR count). The Labute approximate surface area is 123 Å². The predicted octanol–water partition coefficient (Wildman–Crippen LogP) is 0.849. The number of rotatable bonds is 4. The second-order valence-electron chi connectivity index (χ2n) is 5.70. The molecule has 3 N–H and O–H groups in total. The summed E-state index contributed by atoms with van der Waals surface area (Å²) in [5.74, 6) is -1.07. The van der Waals surface area contributed by atoms with Gasteiger partial charge in [0.25, 0.3) is 0 Å². The van der Waals surface area contributed by atoms with Crippen molar-refractivity contribution in [2.24, 2.45) is 0 Å². The third-order valence-electron chi connectivity index (χ3n) is 3.62. The van der Waals surface area contributed by atoms with Crippen LogP contribution < -0.4 is 5.32 Å². The van der Waals surface area contributed by atoms with Crippen LogP contribution in [0.1, 0.15) is 18.9 Å². The van der Waals surface area contributed by atoms with E-state index in [1.807, 2.05) is 30.3 Å². The van der Waals surface area contributed by atoms with Crippen LogP contribution in [0, 0.1) is 0 Å². The second-order valence-corrected chi connectivity index (χ2v) is 5.70. The minimum atomic E-state index is -1.07. The van der Waals surface area contributed by atoms with Crippen LogP contribution in [0.5, 0.6) is 0 Å². The van der Waals surface area contributed by atoms with Crippen LogP contribution in [0.3, 0.4) is 0 Å². The number of benzene rings is 1. The number of aliphatic hydroxyl groups is 1. The minimum Gasteiger partial charge on any atom is -0.480 e. The Balaban J connectivity index is 1.97. The van der Waals surface area contributed by atoms with Crippen molar-refractivity contribution >= 4 is 12.0 Å². The molecule has 0 spiro atoms. The van der Waals surface area contributed by atoms with Crippen LogP contribution in [0.4, 0.5) is 4.79 Å². The predicted molar refractivity (Wildman–Crippen MR) is 76.9 cm³/mol. The summed E-state index contributed by atoms with van der Waals surface area (Å²) >= 11 is 0. The largest absolute Gasteiger partial charge is 0.480 e. The highest BCUT2D eigenvalue weighted by Crippen LogP contribution is 2.20. The Hall–Kier alpha value is -2.08. The highest BCUT2D eigenvalue weighted by molar-refractivity contribution is 5.83. The van der Waals surface area contributed by atoms with Crippen molar-refractivity contribution in [3.05, 3.63) is 35.9 Å². The first-order valence-electron chi connectivity index (χ1n) is 6.92. The fourth-order valence-corrected chi connectivity index (χ4v) is 2.41. The van der Waals surface area contributed by atoms with E-state index in [1.54, 1.807) is 6.92 Å². The summed E-state index contributed by atoms with van der Waals surface area (Å²) in [6, 6.07) is 7.72. The Morgan fingerprint density at radius 3 is 2.57 bits per heavy atom. The summed E-state index contributed by atoms with van der Waals surface area (Å²) in [7, 11) is 0. The molecule has 2 unspecified atom stereocenters. The Morgan fingerprint density at radius 2 is 2.05 bits per heavy atom. The molecule has 0 aliphatic carbocycles. The number of carbonyl (C=O) groups is 2. The van der Waals surface area contributed by atoms with E-state index >= 15 is 0 Å². The number of carboxylic acid groups (broad SMARTS) is 1. The topological polar surface area (TPSA) is 89.9 Å². The second kappa shape index (κ2) is 6.13. The number of hydrogen-bond acceptors (Lipinski definition) is 3. The quantitative estimate of drug-likeness (QED) is 0.767. The number of carboxylic acids is 1. The average Bonchev–Trinajstić information content (AvgIpc) is 2.79. The van der Waals surface area contributed by atoms with Crippen LogP contribution in [0.15, 0.2) is 30.3 Å².